The second-order valence-electron chi connectivity index (χ2n) is 8.40. The fourth-order valence-electron chi connectivity index (χ4n) is 4.12. The van der Waals surface area contributed by atoms with Gasteiger partial charge >= 0.3 is 5.97 Å². The summed E-state index contributed by atoms with van der Waals surface area (Å²) in [4.78, 5) is 23.3. The Morgan fingerprint density at radius 2 is 1.61 bits per heavy atom. The number of hydrogen-bond donors (Lipinski definition) is 1. The molecule has 0 radical (unpaired) electrons. The summed E-state index contributed by atoms with van der Waals surface area (Å²) in [5.41, 5.74) is 3.26. The number of nitrogens with zero attached hydrogens (tertiary/aromatic N) is 4. The number of carbonyl (C=O) groups excluding carboxylic acids is 1. The van der Waals surface area contributed by atoms with Gasteiger partial charge in [-0.2, -0.15) is 4.98 Å². The van der Waals surface area contributed by atoms with Crippen LogP contribution in [0.1, 0.15) is 30.5 Å². The lowest BCUT2D eigenvalue weighted by atomic mass is 10.1. The number of benzene rings is 2. The van der Waals surface area contributed by atoms with Gasteiger partial charge in [0.25, 0.3) is 10.0 Å². The molecule has 3 aromatic rings. The van der Waals surface area contributed by atoms with Gasteiger partial charge in [0, 0.05) is 25.0 Å². The Morgan fingerprint density at radius 3 is 2.17 bits per heavy atom. The zero-order chi connectivity index (χ0) is 26.5. The van der Waals surface area contributed by atoms with E-state index in [2.05, 4.69) is 15.3 Å². The van der Waals surface area contributed by atoms with E-state index in [4.69, 9.17) is 4.74 Å². The van der Waals surface area contributed by atoms with Crippen molar-refractivity contribution in [3.8, 4) is 0 Å². The Balaban J connectivity index is 1.95. The average Bonchev–Trinajstić information content (AvgIpc) is 2.83. The second kappa shape index (κ2) is 11.4. The van der Waals surface area contributed by atoms with Crippen molar-refractivity contribution in [3.63, 3.8) is 0 Å². The van der Waals surface area contributed by atoms with E-state index in [9.17, 15) is 13.2 Å². The lowest BCUT2D eigenvalue weighted by molar-refractivity contribution is -0.138. The first-order chi connectivity index (χ1) is 17.1. The topological polar surface area (TPSA) is 105 Å². The van der Waals surface area contributed by atoms with E-state index in [0.717, 1.165) is 23.0 Å². The summed E-state index contributed by atoms with van der Waals surface area (Å²) in [5.74, 6) is 0.582. The number of hydrogen-bond acceptors (Lipinski definition) is 8. The van der Waals surface area contributed by atoms with E-state index in [1.165, 1.54) is 7.11 Å². The molecule has 10 heteroatoms. The molecule has 36 heavy (non-hydrogen) atoms. The molecule has 0 aliphatic rings. The average molecular weight is 512 g/mol. The molecular weight excluding hydrogens is 478 g/mol. The number of aryl methyl sites for hydroxylation is 3. The molecule has 0 unspecified atom stereocenters. The number of aromatic nitrogens is 2. The Labute approximate surface area is 213 Å². The number of methoxy groups -OCH3 is 1. The summed E-state index contributed by atoms with van der Waals surface area (Å²) in [6.45, 7) is 10.6. The molecule has 0 saturated heterocycles. The molecule has 1 N–H and O–H groups in total. The molecule has 2 aromatic carbocycles. The van der Waals surface area contributed by atoms with Gasteiger partial charge in [0.05, 0.1) is 17.7 Å². The first kappa shape index (κ1) is 26.9. The first-order valence-corrected chi connectivity index (χ1v) is 13.2. The lowest BCUT2D eigenvalue weighted by Gasteiger charge is -2.25. The van der Waals surface area contributed by atoms with Gasteiger partial charge < -0.3 is 15.0 Å². The molecule has 0 aliphatic heterocycles. The minimum absolute atomic E-state index is 0.184. The molecule has 0 aliphatic carbocycles. The highest BCUT2D eigenvalue weighted by molar-refractivity contribution is 7.93. The molecule has 1 aromatic heterocycles. The molecule has 0 bridgehead atoms. The van der Waals surface area contributed by atoms with Crippen molar-refractivity contribution in [1.29, 1.82) is 0 Å². The van der Waals surface area contributed by atoms with Crippen LogP contribution in [0, 0.1) is 20.8 Å². The van der Waals surface area contributed by atoms with Gasteiger partial charge in [0.15, 0.2) is 0 Å². The summed E-state index contributed by atoms with van der Waals surface area (Å²) in [6.07, 6.45) is 1.69. The summed E-state index contributed by atoms with van der Waals surface area (Å²) >= 11 is 0. The predicted molar refractivity (Wildman–Crippen MR) is 143 cm³/mol. The highest BCUT2D eigenvalue weighted by Gasteiger charge is 2.30. The second-order valence-corrected chi connectivity index (χ2v) is 10.2. The lowest BCUT2D eigenvalue weighted by Crippen LogP contribution is -2.37. The molecule has 1 heterocycles. The Morgan fingerprint density at radius 1 is 1.00 bits per heavy atom. The monoisotopic (exact) mass is 511 g/mol. The minimum atomic E-state index is -4.04. The van der Waals surface area contributed by atoms with E-state index in [1.54, 1.807) is 50.4 Å². The molecule has 192 valence electrons. The van der Waals surface area contributed by atoms with E-state index < -0.39 is 22.5 Å². The van der Waals surface area contributed by atoms with Crippen molar-refractivity contribution >= 4 is 39.1 Å². The smallest absolute Gasteiger partial charge is 0.326 e. The van der Waals surface area contributed by atoms with Crippen molar-refractivity contribution < 1.29 is 17.9 Å². The molecule has 0 atom stereocenters. The molecule has 0 amide bonds. The predicted octanol–water partition coefficient (Wildman–Crippen LogP) is 4.36. The van der Waals surface area contributed by atoms with Gasteiger partial charge in [-0.15, -0.1) is 0 Å². The van der Waals surface area contributed by atoms with Crippen LogP contribution in [-0.2, 0) is 19.6 Å². The maximum Gasteiger partial charge on any atom is 0.326 e. The molecule has 0 fully saturated rings. The first-order valence-electron chi connectivity index (χ1n) is 11.7. The van der Waals surface area contributed by atoms with Crippen molar-refractivity contribution in [2.45, 2.75) is 39.5 Å². The number of ether oxygens (including phenoxy) is 1. The zero-order valence-electron chi connectivity index (χ0n) is 21.6. The highest BCUT2D eigenvalue weighted by Crippen LogP contribution is 2.30. The molecule has 0 spiro atoms. The van der Waals surface area contributed by atoms with Gasteiger partial charge in [0.1, 0.15) is 12.4 Å². The van der Waals surface area contributed by atoms with Gasteiger partial charge in [-0.05, 0) is 76.1 Å². The van der Waals surface area contributed by atoms with Crippen LogP contribution < -0.4 is 14.5 Å². The Bertz CT molecular complexity index is 1300. The third-order valence-electron chi connectivity index (χ3n) is 5.77. The van der Waals surface area contributed by atoms with Crippen molar-refractivity contribution in [3.05, 3.63) is 65.4 Å². The highest BCUT2D eigenvalue weighted by atomic mass is 32.2. The largest absolute Gasteiger partial charge is 0.468 e. The van der Waals surface area contributed by atoms with Crippen LogP contribution in [0.2, 0.25) is 0 Å². The van der Waals surface area contributed by atoms with E-state index in [-0.39, 0.29) is 4.90 Å². The standard InChI is InChI=1S/C26H33N5O4S/c1-7-30(8-2)26-27-14-13-23(29-26)28-21-9-11-22(12-10-21)31(17-24(32)35-6)36(33,34)25-19(4)15-18(3)16-20(25)5/h9-16H,7-8,17H2,1-6H3,(H,27,28,29). The maximum atomic E-state index is 13.8. The molecule has 3 rings (SSSR count). The Hall–Kier alpha value is -3.66. The number of anilines is 4. The maximum absolute atomic E-state index is 13.8. The third kappa shape index (κ3) is 5.93. The minimum Gasteiger partial charge on any atom is -0.468 e. The van der Waals surface area contributed by atoms with Gasteiger partial charge in [0.2, 0.25) is 5.95 Å². The fraction of sp³-hybridized carbons (Fsp3) is 0.346. The SMILES string of the molecule is CCN(CC)c1nccc(Nc2ccc(N(CC(=O)OC)S(=O)(=O)c3c(C)cc(C)cc3C)cc2)n1. The number of nitrogens with one attached hydrogen (secondary N) is 1. The number of sulfonamides is 1. The van der Waals surface area contributed by atoms with Crippen molar-refractivity contribution in [2.24, 2.45) is 0 Å². The summed E-state index contributed by atoms with van der Waals surface area (Å²) in [5, 5.41) is 3.22. The van der Waals surface area contributed by atoms with E-state index in [0.29, 0.717) is 34.3 Å². The van der Waals surface area contributed by atoms with Crippen LogP contribution in [0.5, 0.6) is 0 Å². The quantitative estimate of drug-likeness (QED) is 0.401. The normalized spacial score (nSPS) is 11.2. The van der Waals surface area contributed by atoms with Gasteiger partial charge in [-0.1, -0.05) is 17.7 Å². The molecular formula is C26H33N5O4S. The Kier molecular flexibility index (Phi) is 8.52. The van der Waals surface area contributed by atoms with Crippen LogP contribution in [0.3, 0.4) is 0 Å². The zero-order valence-corrected chi connectivity index (χ0v) is 22.4. The molecule has 9 nitrogen and oxygen atoms in total. The number of esters is 1. The molecule has 0 saturated carbocycles. The van der Waals surface area contributed by atoms with Gasteiger partial charge in [-0.25, -0.2) is 13.4 Å². The van der Waals surface area contributed by atoms with E-state index >= 15 is 0 Å². The van der Waals surface area contributed by atoms with Crippen LogP contribution in [0.25, 0.3) is 0 Å². The van der Waals surface area contributed by atoms with Crippen LogP contribution in [0.15, 0.2) is 53.6 Å². The number of rotatable bonds is 10. The van der Waals surface area contributed by atoms with Crippen LogP contribution in [-0.4, -0.2) is 51.1 Å². The fourth-order valence-corrected chi connectivity index (χ4v) is 5.94. The summed E-state index contributed by atoms with van der Waals surface area (Å²) in [7, 11) is -2.81. The summed E-state index contributed by atoms with van der Waals surface area (Å²) in [6, 6.07) is 12.2. The van der Waals surface area contributed by atoms with Crippen LogP contribution >= 0.6 is 0 Å². The number of carbonyl (C=O) groups is 1. The van der Waals surface area contributed by atoms with Gasteiger partial charge in [-0.3, -0.25) is 9.10 Å². The third-order valence-corrected chi connectivity index (χ3v) is 7.85. The van der Waals surface area contributed by atoms with Crippen molar-refractivity contribution in [1.82, 2.24) is 9.97 Å². The van der Waals surface area contributed by atoms with Crippen LogP contribution in [0.4, 0.5) is 23.1 Å². The summed E-state index contributed by atoms with van der Waals surface area (Å²) < 4.78 is 33.4. The van der Waals surface area contributed by atoms with E-state index in [1.807, 2.05) is 37.8 Å². The van der Waals surface area contributed by atoms with Crippen molar-refractivity contribution in [2.75, 3.05) is 41.3 Å².